The summed E-state index contributed by atoms with van der Waals surface area (Å²) in [5, 5.41) is 20.5. The van der Waals surface area contributed by atoms with Gasteiger partial charge in [-0.1, -0.05) is 0 Å². The molecule has 3 atom stereocenters. The van der Waals surface area contributed by atoms with Crippen molar-refractivity contribution in [2.45, 2.75) is 31.4 Å². The third-order valence-corrected chi connectivity index (χ3v) is 2.91. The van der Waals surface area contributed by atoms with Crippen molar-refractivity contribution in [2.24, 2.45) is 5.92 Å². The van der Waals surface area contributed by atoms with Crippen molar-refractivity contribution >= 4 is 12.0 Å². The number of amides is 2. The summed E-state index contributed by atoms with van der Waals surface area (Å²) >= 11 is 0. The van der Waals surface area contributed by atoms with E-state index in [-0.39, 0.29) is 11.8 Å². The van der Waals surface area contributed by atoms with Crippen molar-refractivity contribution in [1.82, 2.24) is 10.2 Å². The van der Waals surface area contributed by atoms with Gasteiger partial charge in [0.25, 0.3) is 0 Å². The third kappa shape index (κ3) is 3.10. The van der Waals surface area contributed by atoms with Crippen molar-refractivity contribution in [1.29, 1.82) is 0 Å². The van der Waals surface area contributed by atoms with E-state index in [0.29, 0.717) is 19.3 Å². The van der Waals surface area contributed by atoms with Crippen LogP contribution in [0, 0.1) is 5.92 Å². The normalized spacial score (nSPS) is 29.6. The molecule has 3 N–H and O–H groups in total. The number of carboxylic acid groups (broad SMARTS) is 1. The number of carbonyl (C=O) groups excluding carboxylic acids is 1. The Hall–Kier alpha value is -1.30. The number of nitrogens with one attached hydrogen (secondary N) is 1. The summed E-state index contributed by atoms with van der Waals surface area (Å²) in [6.07, 6.45) is -0.431. The second kappa shape index (κ2) is 5.16. The van der Waals surface area contributed by atoms with E-state index in [1.54, 1.807) is 14.1 Å². The van der Waals surface area contributed by atoms with E-state index in [9.17, 15) is 14.7 Å². The third-order valence-electron chi connectivity index (χ3n) is 2.91. The average molecular weight is 230 g/mol. The SMILES string of the molecule is CN(C)C(=O)[C@H]1CC[C@@H](O)[C@H](NC(=O)O)C1. The van der Waals surface area contributed by atoms with E-state index in [1.807, 2.05) is 0 Å². The van der Waals surface area contributed by atoms with Crippen LogP contribution in [0.2, 0.25) is 0 Å². The van der Waals surface area contributed by atoms with Crippen LogP contribution in [0.5, 0.6) is 0 Å². The van der Waals surface area contributed by atoms with Crippen LogP contribution in [-0.2, 0) is 4.79 Å². The summed E-state index contributed by atoms with van der Waals surface area (Å²) in [6, 6.07) is -0.542. The zero-order valence-electron chi connectivity index (χ0n) is 9.51. The van der Waals surface area contributed by atoms with Crippen molar-refractivity contribution < 1.29 is 19.8 Å². The van der Waals surface area contributed by atoms with Crippen molar-refractivity contribution in [3.8, 4) is 0 Å². The number of hydrogen-bond donors (Lipinski definition) is 3. The van der Waals surface area contributed by atoms with Crippen molar-refractivity contribution in [3.63, 3.8) is 0 Å². The summed E-state index contributed by atoms with van der Waals surface area (Å²) in [7, 11) is 3.35. The number of aliphatic hydroxyl groups excluding tert-OH is 1. The molecule has 0 unspecified atom stereocenters. The fourth-order valence-corrected chi connectivity index (χ4v) is 2.06. The maximum atomic E-state index is 11.7. The quantitative estimate of drug-likeness (QED) is 0.616. The lowest BCUT2D eigenvalue weighted by atomic mass is 9.83. The van der Waals surface area contributed by atoms with Gasteiger partial charge in [-0.2, -0.15) is 0 Å². The van der Waals surface area contributed by atoms with Crippen LogP contribution in [0.4, 0.5) is 4.79 Å². The van der Waals surface area contributed by atoms with E-state index < -0.39 is 18.2 Å². The lowest BCUT2D eigenvalue weighted by Crippen LogP contribution is -2.49. The molecule has 0 spiro atoms. The molecule has 0 heterocycles. The molecule has 0 aromatic carbocycles. The Morgan fingerprint density at radius 1 is 1.31 bits per heavy atom. The lowest BCUT2D eigenvalue weighted by Gasteiger charge is -2.33. The summed E-state index contributed by atoms with van der Waals surface area (Å²) in [5.74, 6) is -0.209. The highest BCUT2D eigenvalue weighted by atomic mass is 16.4. The van der Waals surface area contributed by atoms with E-state index in [2.05, 4.69) is 5.32 Å². The fourth-order valence-electron chi connectivity index (χ4n) is 2.06. The van der Waals surface area contributed by atoms with Gasteiger partial charge in [-0.05, 0) is 19.3 Å². The maximum Gasteiger partial charge on any atom is 0.404 e. The minimum atomic E-state index is -1.16. The molecule has 1 fully saturated rings. The number of rotatable bonds is 2. The van der Waals surface area contributed by atoms with Crippen LogP contribution in [0.3, 0.4) is 0 Å². The zero-order valence-corrected chi connectivity index (χ0v) is 9.51. The lowest BCUT2D eigenvalue weighted by molar-refractivity contribution is -0.135. The molecular formula is C10H18N2O4. The van der Waals surface area contributed by atoms with Gasteiger partial charge in [0.1, 0.15) is 0 Å². The Morgan fingerprint density at radius 3 is 2.44 bits per heavy atom. The number of nitrogens with zero attached hydrogens (tertiary/aromatic N) is 1. The van der Waals surface area contributed by atoms with Gasteiger partial charge in [-0.3, -0.25) is 4.79 Å². The molecule has 0 saturated heterocycles. The summed E-state index contributed by atoms with van der Waals surface area (Å²) < 4.78 is 0. The molecule has 1 aliphatic rings. The minimum Gasteiger partial charge on any atom is -0.465 e. The van der Waals surface area contributed by atoms with Gasteiger partial charge in [-0.15, -0.1) is 0 Å². The first-order valence-corrected chi connectivity index (χ1v) is 5.30. The van der Waals surface area contributed by atoms with Crippen LogP contribution in [0.1, 0.15) is 19.3 Å². The Kier molecular flexibility index (Phi) is 4.12. The van der Waals surface area contributed by atoms with E-state index >= 15 is 0 Å². The Bertz CT molecular complexity index is 280. The molecular weight excluding hydrogens is 212 g/mol. The van der Waals surface area contributed by atoms with Crippen LogP contribution in [0.25, 0.3) is 0 Å². The number of aliphatic hydroxyl groups is 1. The molecule has 0 bridgehead atoms. The average Bonchev–Trinajstić information content (AvgIpc) is 2.19. The monoisotopic (exact) mass is 230 g/mol. The number of carbonyl (C=O) groups is 2. The van der Waals surface area contributed by atoms with Gasteiger partial charge in [0.2, 0.25) is 5.91 Å². The Balaban J connectivity index is 2.60. The van der Waals surface area contributed by atoms with Gasteiger partial charge in [-0.25, -0.2) is 4.79 Å². The molecule has 2 amide bonds. The van der Waals surface area contributed by atoms with Crippen LogP contribution in [-0.4, -0.2) is 53.4 Å². The van der Waals surface area contributed by atoms with Gasteiger partial charge in [0.15, 0.2) is 0 Å². The van der Waals surface area contributed by atoms with Gasteiger partial charge in [0, 0.05) is 20.0 Å². The standard InChI is InChI=1S/C10H18N2O4/c1-12(2)9(14)6-3-4-8(13)7(5-6)11-10(15)16/h6-8,11,13H,3-5H2,1-2H3,(H,15,16)/t6-,7+,8+/m0/s1. The molecule has 6 nitrogen and oxygen atoms in total. The first kappa shape index (κ1) is 12.8. The fraction of sp³-hybridized carbons (Fsp3) is 0.800. The molecule has 0 aliphatic heterocycles. The zero-order chi connectivity index (χ0) is 12.3. The molecule has 0 aromatic heterocycles. The van der Waals surface area contributed by atoms with Gasteiger partial charge in [0.05, 0.1) is 12.1 Å². The highest BCUT2D eigenvalue weighted by Crippen LogP contribution is 2.26. The highest BCUT2D eigenvalue weighted by molar-refractivity contribution is 5.78. The first-order chi connectivity index (χ1) is 7.41. The largest absolute Gasteiger partial charge is 0.465 e. The topological polar surface area (TPSA) is 89.9 Å². The summed E-state index contributed by atoms with van der Waals surface area (Å²) in [5.41, 5.74) is 0. The van der Waals surface area contributed by atoms with Crippen molar-refractivity contribution in [2.75, 3.05) is 14.1 Å². The smallest absolute Gasteiger partial charge is 0.404 e. The molecule has 0 radical (unpaired) electrons. The van der Waals surface area contributed by atoms with Crippen LogP contribution in [0.15, 0.2) is 0 Å². The number of hydrogen-bond acceptors (Lipinski definition) is 3. The first-order valence-electron chi connectivity index (χ1n) is 5.30. The molecule has 92 valence electrons. The molecule has 1 saturated carbocycles. The molecule has 6 heteroatoms. The predicted octanol–water partition coefficient (Wildman–Crippen LogP) is -0.128. The van der Waals surface area contributed by atoms with Gasteiger partial charge < -0.3 is 20.4 Å². The second-order valence-electron chi connectivity index (χ2n) is 4.37. The van der Waals surface area contributed by atoms with E-state index in [1.165, 1.54) is 4.90 Å². The second-order valence-corrected chi connectivity index (χ2v) is 4.37. The molecule has 1 rings (SSSR count). The Labute approximate surface area is 94.2 Å². The predicted molar refractivity (Wildman–Crippen MR) is 57.0 cm³/mol. The van der Waals surface area contributed by atoms with E-state index in [4.69, 9.17) is 5.11 Å². The van der Waals surface area contributed by atoms with Crippen LogP contribution >= 0.6 is 0 Å². The highest BCUT2D eigenvalue weighted by Gasteiger charge is 2.34. The molecule has 16 heavy (non-hydrogen) atoms. The summed E-state index contributed by atoms with van der Waals surface area (Å²) in [4.78, 5) is 23.7. The summed E-state index contributed by atoms with van der Waals surface area (Å²) in [6.45, 7) is 0. The molecule has 1 aliphatic carbocycles. The molecule has 0 aromatic rings. The van der Waals surface area contributed by atoms with E-state index in [0.717, 1.165) is 0 Å². The minimum absolute atomic E-state index is 0.0101. The van der Waals surface area contributed by atoms with Crippen LogP contribution < -0.4 is 5.32 Å². The van der Waals surface area contributed by atoms with Gasteiger partial charge >= 0.3 is 6.09 Å². The maximum absolute atomic E-state index is 11.7. The van der Waals surface area contributed by atoms with Crippen molar-refractivity contribution in [3.05, 3.63) is 0 Å². The Morgan fingerprint density at radius 2 is 1.94 bits per heavy atom.